The second kappa shape index (κ2) is 11.6. The van der Waals surface area contributed by atoms with Crippen molar-refractivity contribution >= 4 is 0 Å². The molecule has 0 fully saturated rings. The zero-order chi connectivity index (χ0) is 19.5. The highest BCUT2D eigenvalue weighted by atomic mass is 14.8. The fourth-order valence-electron chi connectivity index (χ4n) is 4.09. The third-order valence-electron chi connectivity index (χ3n) is 5.67. The van der Waals surface area contributed by atoms with E-state index in [4.69, 9.17) is 0 Å². The van der Waals surface area contributed by atoms with E-state index in [1.807, 2.05) is 13.1 Å². The lowest BCUT2D eigenvalue weighted by Gasteiger charge is -2.17. The molecule has 27 heavy (non-hydrogen) atoms. The van der Waals surface area contributed by atoms with Crippen molar-refractivity contribution in [1.82, 2.24) is 5.32 Å². The summed E-state index contributed by atoms with van der Waals surface area (Å²) in [6.07, 6.45) is 20.2. The fourth-order valence-corrected chi connectivity index (χ4v) is 4.09. The van der Waals surface area contributed by atoms with Gasteiger partial charge in [-0.1, -0.05) is 94.2 Å². The van der Waals surface area contributed by atoms with E-state index in [0.717, 1.165) is 11.6 Å². The van der Waals surface area contributed by atoms with Crippen LogP contribution in [0, 0.1) is 5.92 Å². The molecule has 1 aliphatic rings. The molecule has 146 valence electrons. The number of nitrogens with one attached hydrogen (secondary N) is 1. The SMILES string of the molecule is C=C/C=C(C=C[C@H]1c2ccccc2C[C@@H]1CCCCCCC)\C=C(/C)NC. The molecule has 0 aromatic heterocycles. The van der Waals surface area contributed by atoms with Gasteiger partial charge >= 0.3 is 0 Å². The molecule has 1 heteroatoms. The minimum absolute atomic E-state index is 0.531. The number of rotatable bonds is 11. The van der Waals surface area contributed by atoms with E-state index in [0.29, 0.717) is 5.92 Å². The first-order chi connectivity index (χ1) is 13.2. The Labute approximate surface area is 167 Å². The molecule has 2 rings (SSSR count). The molecule has 1 nitrogen and oxygen atoms in total. The average molecular weight is 364 g/mol. The van der Waals surface area contributed by atoms with Crippen molar-refractivity contribution in [3.05, 3.63) is 83.6 Å². The lowest BCUT2D eigenvalue weighted by Crippen LogP contribution is -2.06. The predicted octanol–water partition coefficient (Wildman–Crippen LogP) is 7.09. The third kappa shape index (κ3) is 6.57. The Morgan fingerprint density at radius 2 is 1.96 bits per heavy atom. The van der Waals surface area contributed by atoms with Crippen molar-refractivity contribution in [2.45, 2.75) is 64.7 Å². The largest absolute Gasteiger partial charge is 0.392 e. The lowest BCUT2D eigenvalue weighted by atomic mass is 9.87. The predicted molar refractivity (Wildman–Crippen MR) is 120 cm³/mol. The first-order valence-corrected chi connectivity index (χ1v) is 10.6. The molecule has 2 atom stereocenters. The molecule has 0 spiro atoms. The monoisotopic (exact) mass is 363 g/mol. The van der Waals surface area contributed by atoms with Gasteiger partial charge in [0.1, 0.15) is 0 Å². The quantitative estimate of drug-likeness (QED) is 0.327. The van der Waals surface area contributed by atoms with Crippen molar-refractivity contribution in [3.8, 4) is 0 Å². The standard InChI is InChI=1S/C26H37N/c1-5-7-8-9-10-14-24-20-23-15-11-12-16-25(23)26(24)18-17-22(13-6-2)19-21(3)27-4/h6,11-13,15-19,24,26-27H,2,5,7-10,14,20H2,1,3-4H3/b18-17?,21-19+,22-13-/t24-,26+/m0/s1. The van der Waals surface area contributed by atoms with Gasteiger partial charge in [-0.3, -0.25) is 0 Å². The normalized spacial score (nSPS) is 20.1. The van der Waals surface area contributed by atoms with Crippen LogP contribution >= 0.6 is 0 Å². The van der Waals surface area contributed by atoms with Crippen LogP contribution in [0.4, 0.5) is 0 Å². The summed E-state index contributed by atoms with van der Waals surface area (Å²) in [6.45, 7) is 8.25. The van der Waals surface area contributed by atoms with Gasteiger partial charge in [-0.05, 0) is 48.5 Å². The number of unbranched alkanes of at least 4 members (excludes halogenated alkanes) is 4. The van der Waals surface area contributed by atoms with Crippen molar-refractivity contribution in [2.24, 2.45) is 5.92 Å². The Morgan fingerprint density at radius 3 is 2.70 bits per heavy atom. The van der Waals surface area contributed by atoms with Crippen LogP contribution in [0.5, 0.6) is 0 Å². The lowest BCUT2D eigenvalue weighted by molar-refractivity contribution is 0.442. The maximum absolute atomic E-state index is 3.87. The van der Waals surface area contributed by atoms with E-state index in [1.165, 1.54) is 56.1 Å². The molecule has 0 saturated carbocycles. The molecule has 1 aliphatic carbocycles. The molecule has 1 aromatic rings. The van der Waals surface area contributed by atoms with E-state index in [-0.39, 0.29) is 0 Å². The van der Waals surface area contributed by atoms with Crippen LogP contribution in [0.25, 0.3) is 0 Å². The van der Waals surface area contributed by atoms with Crippen molar-refractivity contribution in [2.75, 3.05) is 7.05 Å². The number of fused-ring (bicyclic) bond motifs is 1. The van der Waals surface area contributed by atoms with E-state index in [1.54, 1.807) is 5.56 Å². The topological polar surface area (TPSA) is 12.0 Å². The molecular weight excluding hydrogens is 326 g/mol. The van der Waals surface area contributed by atoms with Gasteiger partial charge in [-0.2, -0.15) is 0 Å². The molecular formula is C26H37N. The maximum Gasteiger partial charge on any atom is 0.00784 e. The van der Waals surface area contributed by atoms with E-state index >= 15 is 0 Å². The van der Waals surface area contributed by atoms with Crippen LogP contribution < -0.4 is 5.32 Å². The van der Waals surface area contributed by atoms with Crippen LogP contribution in [0.3, 0.4) is 0 Å². The number of hydrogen-bond donors (Lipinski definition) is 1. The molecule has 0 bridgehead atoms. The minimum Gasteiger partial charge on any atom is -0.392 e. The number of allylic oxidation sites excluding steroid dienone is 7. The fraction of sp³-hybridized carbons (Fsp3) is 0.462. The summed E-state index contributed by atoms with van der Waals surface area (Å²) in [6, 6.07) is 9.02. The molecule has 0 unspecified atom stereocenters. The minimum atomic E-state index is 0.531. The molecule has 1 N–H and O–H groups in total. The van der Waals surface area contributed by atoms with Gasteiger partial charge < -0.3 is 5.32 Å². The maximum atomic E-state index is 3.87. The summed E-state index contributed by atoms with van der Waals surface area (Å²) in [5.41, 5.74) is 5.43. The first kappa shape index (κ1) is 21.3. The summed E-state index contributed by atoms with van der Waals surface area (Å²) in [7, 11) is 1.96. The van der Waals surface area contributed by atoms with Crippen molar-refractivity contribution < 1.29 is 0 Å². The van der Waals surface area contributed by atoms with Crippen LogP contribution in [0.1, 0.15) is 69.4 Å². The second-order valence-corrected chi connectivity index (χ2v) is 7.73. The zero-order valence-electron chi connectivity index (χ0n) is 17.5. The number of hydrogen-bond acceptors (Lipinski definition) is 1. The first-order valence-electron chi connectivity index (χ1n) is 10.6. The Hall–Kier alpha value is -2.02. The second-order valence-electron chi connectivity index (χ2n) is 7.73. The Balaban J connectivity index is 2.13. The third-order valence-corrected chi connectivity index (χ3v) is 5.67. The van der Waals surface area contributed by atoms with Crippen molar-refractivity contribution in [3.63, 3.8) is 0 Å². The van der Waals surface area contributed by atoms with Gasteiger partial charge in [0, 0.05) is 18.7 Å². The smallest absolute Gasteiger partial charge is 0.00784 e. The van der Waals surface area contributed by atoms with E-state index < -0.39 is 0 Å². The highest BCUT2D eigenvalue weighted by Gasteiger charge is 2.29. The summed E-state index contributed by atoms with van der Waals surface area (Å²) in [4.78, 5) is 0. The van der Waals surface area contributed by atoms with Crippen LogP contribution in [0.15, 0.2) is 72.5 Å². The van der Waals surface area contributed by atoms with Gasteiger partial charge in [0.15, 0.2) is 0 Å². The highest BCUT2D eigenvalue weighted by Crippen LogP contribution is 2.41. The summed E-state index contributed by atoms with van der Waals surface area (Å²) >= 11 is 0. The molecule has 0 amide bonds. The number of benzene rings is 1. The Morgan fingerprint density at radius 1 is 1.19 bits per heavy atom. The summed E-state index contributed by atoms with van der Waals surface area (Å²) in [5, 5.41) is 3.20. The van der Waals surface area contributed by atoms with Crippen LogP contribution in [-0.4, -0.2) is 7.05 Å². The zero-order valence-corrected chi connectivity index (χ0v) is 17.5. The molecule has 0 heterocycles. The van der Waals surface area contributed by atoms with Gasteiger partial charge in [0.2, 0.25) is 0 Å². The van der Waals surface area contributed by atoms with Gasteiger partial charge in [-0.15, -0.1) is 0 Å². The van der Waals surface area contributed by atoms with Gasteiger partial charge in [0.25, 0.3) is 0 Å². The van der Waals surface area contributed by atoms with E-state index in [9.17, 15) is 0 Å². The van der Waals surface area contributed by atoms with Gasteiger partial charge in [0.05, 0.1) is 0 Å². The molecule has 0 radical (unpaired) electrons. The molecule has 1 aromatic carbocycles. The summed E-state index contributed by atoms with van der Waals surface area (Å²) in [5.74, 6) is 1.27. The molecule has 0 aliphatic heterocycles. The Kier molecular flexibility index (Phi) is 9.18. The highest BCUT2D eigenvalue weighted by molar-refractivity contribution is 5.42. The average Bonchev–Trinajstić information content (AvgIpc) is 3.03. The van der Waals surface area contributed by atoms with Crippen LogP contribution in [0.2, 0.25) is 0 Å². The van der Waals surface area contributed by atoms with E-state index in [2.05, 4.69) is 74.3 Å². The Bertz CT molecular complexity index is 677. The van der Waals surface area contributed by atoms with Crippen LogP contribution in [-0.2, 0) is 6.42 Å². The summed E-state index contributed by atoms with van der Waals surface area (Å²) < 4.78 is 0. The van der Waals surface area contributed by atoms with Gasteiger partial charge in [-0.25, -0.2) is 0 Å². The molecule has 0 saturated heterocycles. The van der Waals surface area contributed by atoms with Crippen molar-refractivity contribution in [1.29, 1.82) is 0 Å².